The van der Waals surface area contributed by atoms with Gasteiger partial charge in [-0.05, 0) is 39.7 Å². The Hall–Kier alpha value is -2.12. The highest BCUT2D eigenvalue weighted by molar-refractivity contribution is 9.10. The van der Waals surface area contributed by atoms with Crippen molar-refractivity contribution in [3.05, 3.63) is 56.5 Å². The SMILES string of the molecule is COc1cc([N+](=O)[O-])ccc1Oc1ccc(CN)cc1Br. The Bertz CT molecular complexity index is 676. The first kappa shape index (κ1) is 15.3. The van der Waals surface area contributed by atoms with Crippen LogP contribution in [-0.4, -0.2) is 12.0 Å². The first-order valence-electron chi connectivity index (χ1n) is 6.04. The zero-order valence-electron chi connectivity index (χ0n) is 11.2. The summed E-state index contributed by atoms with van der Waals surface area (Å²) in [5.41, 5.74) is 6.47. The number of methoxy groups -OCH3 is 1. The molecule has 2 N–H and O–H groups in total. The van der Waals surface area contributed by atoms with E-state index in [0.29, 0.717) is 23.8 Å². The molecule has 2 rings (SSSR count). The average molecular weight is 353 g/mol. The molecule has 0 atom stereocenters. The number of nitrogens with zero attached hydrogens (tertiary/aromatic N) is 1. The lowest BCUT2D eigenvalue weighted by Gasteiger charge is -2.12. The normalized spacial score (nSPS) is 10.2. The zero-order chi connectivity index (χ0) is 15.4. The zero-order valence-corrected chi connectivity index (χ0v) is 12.8. The third kappa shape index (κ3) is 3.50. The molecule has 0 spiro atoms. The van der Waals surface area contributed by atoms with Crippen LogP contribution in [0.3, 0.4) is 0 Å². The molecule has 2 aromatic rings. The maximum atomic E-state index is 10.8. The summed E-state index contributed by atoms with van der Waals surface area (Å²) in [7, 11) is 1.43. The van der Waals surface area contributed by atoms with E-state index in [1.807, 2.05) is 12.1 Å². The van der Waals surface area contributed by atoms with Gasteiger partial charge in [0.05, 0.1) is 22.6 Å². The summed E-state index contributed by atoms with van der Waals surface area (Å²) < 4.78 is 11.6. The van der Waals surface area contributed by atoms with Crippen molar-refractivity contribution in [3.8, 4) is 17.2 Å². The molecule has 110 valence electrons. The summed E-state index contributed by atoms with van der Waals surface area (Å²) in [5, 5.41) is 10.8. The molecular formula is C14H13BrN2O4. The molecule has 0 saturated carbocycles. The number of nitro benzene ring substituents is 1. The van der Waals surface area contributed by atoms with Gasteiger partial charge in [0.2, 0.25) is 0 Å². The predicted molar refractivity (Wildman–Crippen MR) is 81.8 cm³/mol. The van der Waals surface area contributed by atoms with Gasteiger partial charge in [0.15, 0.2) is 11.5 Å². The molecule has 2 aromatic carbocycles. The number of ether oxygens (including phenoxy) is 2. The molecule has 0 unspecified atom stereocenters. The van der Waals surface area contributed by atoms with Crippen LogP contribution in [0.2, 0.25) is 0 Å². The van der Waals surface area contributed by atoms with E-state index in [1.54, 1.807) is 6.07 Å². The summed E-state index contributed by atoms with van der Waals surface area (Å²) in [6.07, 6.45) is 0. The lowest BCUT2D eigenvalue weighted by Crippen LogP contribution is -1.97. The molecule has 21 heavy (non-hydrogen) atoms. The summed E-state index contributed by atoms with van der Waals surface area (Å²) in [6, 6.07) is 9.65. The highest BCUT2D eigenvalue weighted by atomic mass is 79.9. The number of hydrogen-bond acceptors (Lipinski definition) is 5. The van der Waals surface area contributed by atoms with Crippen molar-refractivity contribution in [3.63, 3.8) is 0 Å². The average Bonchev–Trinajstić information content (AvgIpc) is 2.49. The van der Waals surface area contributed by atoms with Crippen molar-refractivity contribution in [2.24, 2.45) is 5.73 Å². The van der Waals surface area contributed by atoms with E-state index in [2.05, 4.69) is 15.9 Å². The van der Waals surface area contributed by atoms with Crippen molar-refractivity contribution in [1.82, 2.24) is 0 Å². The molecule has 0 fully saturated rings. The van der Waals surface area contributed by atoms with Crippen LogP contribution in [-0.2, 0) is 6.54 Å². The fraction of sp³-hybridized carbons (Fsp3) is 0.143. The Kier molecular flexibility index (Phi) is 4.77. The van der Waals surface area contributed by atoms with E-state index >= 15 is 0 Å². The quantitative estimate of drug-likeness (QED) is 0.655. The Morgan fingerprint density at radius 2 is 1.90 bits per heavy atom. The maximum absolute atomic E-state index is 10.8. The van der Waals surface area contributed by atoms with Gasteiger partial charge >= 0.3 is 0 Å². The van der Waals surface area contributed by atoms with Gasteiger partial charge in [-0.3, -0.25) is 10.1 Å². The van der Waals surface area contributed by atoms with E-state index in [1.165, 1.54) is 25.3 Å². The van der Waals surface area contributed by atoms with Crippen LogP contribution in [0.4, 0.5) is 5.69 Å². The minimum Gasteiger partial charge on any atom is -0.493 e. The number of halogens is 1. The maximum Gasteiger partial charge on any atom is 0.273 e. The number of non-ortho nitro benzene ring substituents is 1. The molecule has 7 heteroatoms. The summed E-state index contributed by atoms with van der Waals surface area (Å²) >= 11 is 3.40. The highest BCUT2D eigenvalue weighted by Gasteiger charge is 2.14. The number of hydrogen-bond donors (Lipinski definition) is 1. The van der Waals surface area contributed by atoms with Crippen LogP contribution in [0, 0.1) is 10.1 Å². The molecule has 0 aliphatic heterocycles. The Balaban J connectivity index is 2.33. The number of nitro groups is 1. The van der Waals surface area contributed by atoms with Gasteiger partial charge in [-0.25, -0.2) is 0 Å². The van der Waals surface area contributed by atoms with Crippen LogP contribution in [0.5, 0.6) is 17.2 Å². The van der Waals surface area contributed by atoms with Crippen molar-refractivity contribution >= 4 is 21.6 Å². The van der Waals surface area contributed by atoms with Crippen molar-refractivity contribution in [2.75, 3.05) is 7.11 Å². The van der Waals surface area contributed by atoms with Crippen LogP contribution >= 0.6 is 15.9 Å². The second-order valence-electron chi connectivity index (χ2n) is 4.16. The molecule has 0 saturated heterocycles. The van der Waals surface area contributed by atoms with Gasteiger partial charge in [0.1, 0.15) is 5.75 Å². The molecule has 0 radical (unpaired) electrons. The van der Waals surface area contributed by atoms with Gasteiger partial charge in [0, 0.05) is 12.6 Å². The summed E-state index contributed by atoms with van der Waals surface area (Å²) in [5.74, 6) is 1.25. The van der Waals surface area contributed by atoms with E-state index < -0.39 is 4.92 Å². The van der Waals surface area contributed by atoms with Crippen LogP contribution in [0.25, 0.3) is 0 Å². The van der Waals surface area contributed by atoms with E-state index in [0.717, 1.165) is 10.0 Å². The van der Waals surface area contributed by atoms with E-state index in [9.17, 15) is 10.1 Å². The second kappa shape index (κ2) is 6.55. The molecule has 0 heterocycles. The first-order chi connectivity index (χ1) is 10.0. The molecule has 0 bridgehead atoms. The van der Waals surface area contributed by atoms with E-state index in [-0.39, 0.29) is 5.69 Å². The lowest BCUT2D eigenvalue weighted by molar-refractivity contribution is -0.384. The Labute approximate surface area is 129 Å². The standard InChI is InChI=1S/C14H13BrN2O4/c1-20-14-7-10(17(18)19)3-5-13(14)21-12-4-2-9(8-16)6-11(12)15/h2-7H,8,16H2,1H3. The number of benzene rings is 2. The number of nitrogens with two attached hydrogens (primary N) is 1. The molecule has 0 aromatic heterocycles. The fourth-order valence-corrected chi connectivity index (χ4v) is 2.23. The van der Waals surface area contributed by atoms with Crippen molar-refractivity contribution in [2.45, 2.75) is 6.54 Å². The third-order valence-corrected chi connectivity index (χ3v) is 3.43. The second-order valence-corrected chi connectivity index (χ2v) is 5.02. The van der Waals surface area contributed by atoms with Gasteiger partial charge in [0.25, 0.3) is 5.69 Å². The predicted octanol–water partition coefficient (Wildman–Crippen LogP) is 3.62. The van der Waals surface area contributed by atoms with Crippen molar-refractivity contribution in [1.29, 1.82) is 0 Å². The number of rotatable bonds is 5. The minimum absolute atomic E-state index is 0.0586. The van der Waals surface area contributed by atoms with Crippen LogP contribution < -0.4 is 15.2 Å². The van der Waals surface area contributed by atoms with Crippen molar-refractivity contribution < 1.29 is 14.4 Å². The molecule has 0 amide bonds. The monoisotopic (exact) mass is 352 g/mol. The summed E-state index contributed by atoms with van der Waals surface area (Å²) in [6.45, 7) is 0.430. The summed E-state index contributed by atoms with van der Waals surface area (Å²) in [4.78, 5) is 10.3. The highest BCUT2D eigenvalue weighted by Crippen LogP contribution is 2.37. The largest absolute Gasteiger partial charge is 0.493 e. The smallest absolute Gasteiger partial charge is 0.273 e. The fourth-order valence-electron chi connectivity index (χ4n) is 1.73. The van der Waals surface area contributed by atoms with Gasteiger partial charge in [-0.15, -0.1) is 0 Å². The molecule has 0 aliphatic carbocycles. The Morgan fingerprint density at radius 3 is 2.48 bits per heavy atom. The molecule has 6 nitrogen and oxygen atoms in total. The first-order valence-corrected chi connectivity index (χ1v) is 6.83. The minimum atomic E-state index is -0.488. The third-order valence-electron chi connectivity index (χ3n) is 2.81. The molecule has 0 aliphatic rings. The topological polar surface area (TPSA) is 87.6 Å². The van der Waals surface area contributed by atoms with Gasteiger partial charge in [-0.1, -0.05) is 6.07 Å². The van der Waals surface area contributed by atoms with Crippen LogP contribution in [0.15, 0.2) is 40.9 Å². The van der Waals surface area contributed by atoms with Crippen LogP contribution in [0.1, 0.15) is 5.56 Å². The van der Waals surface area contributed by atoms with E-state index in [4.69, 9.17) is 15.2 Å². The van der Waals surface area contributed by atoms with Gasteiger partial charge in [-0.2, -0.15) is 0 Å². The Morgan fingerprint density at radius 1 is 1.19 bits per heavy atom. The molecular weight excluding hydrogens is 340 g/mol. The van der Waals surface area contributed by atoms with Gasteiger partial charge < -0.3 is 15.2 Å². The lowest BCUT2D eigenvalue weighted by atomic mass is 10.2.